The van der Waals surface area contributed by atoms with Gasteiger partial charge in [-0.15, -0.1) is 0 Å². The molecule has 1 aromatic heterocycles. The van der Waals surface area contributed by atoms with Crippen molar-refractivity contribution in [1.82, 2.24) is 0 Å². The first kappa shape index (κ1) is 18.4. The van der Waals surface area contributed by atoms with Gasteiger partial charge in [-0.1, -0.05) is 68.4 Å². The molecule has 0 aliphatic carbocycles. The first-order chi connectivity index (χ1) is 13.5. The minimum Gasteiger partial charge on any atom is -0.198 e. The van der Waals surface area contributed by atoms with E-state index < -0.39 is 0 Å². The van der Waals surface area contributed by atoms with Crippen molar-refractivity contribution in [3.8, 4) is 22.4 Å². The third kappa shape index (κ3) is 3.22. The number of rotatable bonds is 3. The van der Waals surface area contributed by atoms with Gasteiger partial charge in [0, 0.05) is 13.0 Å². The predicted molar refractivity (Wildman–Crippen MR) is 120 cm³/mol. The molecule has 0 amide bonds. The van der Waals surface area contributed by atoms with E-state index in [0.717, 1.165) is 0 Å². The summed E-state index contributed by atoms with van der Waals surface area (Å²) in [6, 6.07) is 26.7. The fraction of sp³-hybridized carbons (Fsp3) is 0.222. The number of aryl methyl sites for hydroxylation is 2. The van der Waals surface area contributed by atoms with Crippen molar-refractivity contribution in [2.24, 2.45) is 7.05 Å². The molecule has 3 aromatic carbocycles. The molecule has 0 aliphatic heterocycles. The topological polar surface area (TPSA) is 3.88 Å². The summed E-state index contributed by atoms with van der Waals surface area (Å²) in [6.45, 7) is 8.92. The molecule has 0 N–H and O–H groups in total. The maximum absolute atomic E-state index is 2.35. The number of nitrogens with zero attached hydrogens (tertiary/aromatic N) is 1. The van der Waals surface area contributed by atoms with Crippen LogP contribution in [0.3, 0.4) is 0 Å². The lowest BCUT2D eigenvalue weighted by atomic mass is 9.93. The highest BCUT2D eigenvalue weighted by molar-refractivity contribution is 5.95. The van der Waals surface area contributed by atoms with Crippen molar-refractivity contribution in [3.05, 3.63) is 89.6 Å². The van der Waals surface area contributed by atoms with Crippen molar-refractivity contribution >= 4 is 10.8 Å². The first-order valence-electron chi connectivity index (χ1n) is 10.1. The van der Waals surface area contributed by atoms with E-state index in [2.05, 4.69) is 112 Å². The Morgan fingerprint density at radius 1 is 0.750 bits per heavy atom. The second kappa shape index (κ2) is 7.24. The Kier molecular flexibility index (Phi) is 4.77. The van der Waals surface area contributed by atoms with Crippen LogP contribution in [-0.2, 0) is 7.05 Å². The normalized spacial score (nSPS) is 11.4. The van der Waals surface area contributed by atoms with E-state index in [1.165, 1.54) is 50.0 Å². The van der Waals surface area contributed by atoms with Gasteiger partial charge in [0.25, 0.3) is 0 Å². The molecule has 0 saturated heterocycles. The largest absolute Gasteiger partial charge is 0.220 e. The fourth-order valence-electron chi connectivity index (χ4n) is 3.97. The predicted octanol–water partition coefficient (Wildman–Crippen LogP) is 6.74. The highest BCUT2D eigenvalue weighted by Gasteiger charge is 2.20. The van der Waals surface area contributed by atoms with E-state index in [1.807, 2.05) is 0 Å². The number of pyridine rings is 1. The molecule has 0 unspecified atom stereocenters. The van der Waals surface area contributed by atoms with Gasteiger partial charge < -0.3 is 0 Å². The molecular formula is C27H28N+. The van der Waals surface area contributed by atoms with Crippen LogP contribution < -0.4 is 4.57 Å². The van der Waals surface area contributed by atoms with E-state index in [-0.39, 0.29) is 0 Å². The van der Waals surface area contributed by atoms with Crippen molar-refractivity contribution in [2.45, 2.75) is 33.6 Å². The van der Waals surface area contributed by atoms with Gasteiger partial charge in [0.1, 0.15) is 7.05 Å². The van der Waals surface area contributed by atoms with Crippen LogP contribution in [0.5, 0.6) is 0 Å². The van der Waals surface area contributed by atoms with Crippen molar-refractivity contribution in [2.75, 3.05) is 0 Å². The number of hydrogen-bond acceptors (Lipinski definition) is 0. The highest BCUT2D eigenvalue weighted by Crippen LogP contribution is 2.33. The van der Waals surface area contributed by atoms with Crippen molar-refractivity contribution in [3.63, 3.8) is 0 Å². The molecule has 4 rings (SSSR count). The number of hydrogen-bond donors (Lipinski definition) is 0. The van der Waals surface area contributed by atoms with Crippen molar-refractivity contribution < 1.29 is 4.57 Å². The molecule has 0 bridgehead atoms. The fourth-order valence-corrected chi connectivity index (χ4v) is 3.97. The highest BCUT2D eigenvalue weighted by atomic mass is 14.9. The maximum atomic E-state index is 2.35. The van der Waals surface area contributed by atoms with Crippen LogP contribution in [0.2, 0.25) is 0 Å². The van der Waals surface area contributed by atoms with Crippen LogP contribution >= 0.6 is 0 Å². The van der Waals surface area contributed by atoms with E-state index in [4.69, 9.17) is 0 Å². The first-order valence-corrected chi connectivity index (χ1v) is 10.1. The van der Waals surface area contributed by atoms with Crippen LogP contribution in [-0.4, -0.2) is 0 Å². The molecule has 4 aromatic rings. The Hall–Kier alpha value is -2.93. The Morgan fingerprint density at radius 3 is 2.21 bits per heavy atom. The van der Waals surface area contributed by atoms with Gasteiger partial charge in [0.15, 0.2) is 5.69 Å². The van der Waals surface area contributed by atoms with E-state index in [0.29, 0.717) is 5.92 Å². The smallest absolute Gasteiger partial charge is 0.198 e. The van der Waals surface area contributed by atoms with Crippen LogP contribution in [0.15, 0.2) is 72.8 Å². The van der Waals surface area contributed by atoms with Crippen LogP contribution in [0.1, 0.15) is 36.6 Å². The van der Waals surface area contributed by atoms with Gasteiger partial charge >= 0.3 is 0 Å². The quantitative estimate of drug-likeness (QED) is 0.354. The molecule has 1 nitrogen and oxygen atoms in total. The molecule has 0 aliphatic rings. The lowest BCUT2D eigenvalue weighted by Crippen LogP contribution is -2.35. The third-order valence-electron chi connectivity index (χ3n) is 5.83. The minimum atomic E-state index is 0.533. The van der Waals surface area contributed by atoms with Crippen LogP contribution in [0, 0.1) is 13.8 Å². The Morgan fingerprint density at radius 2 is 1.50 bits per heavy atom. The van der Waals surface area contributed by atoms with Crippen molar-refractivity contribution in [1.29, 1.82) is 0 Å². The molecule has 0 radical (unpaired) electrons. The monoisotopic (exact) mass is 366 g/mol. The Bertz CT molecular complexity index is 1150. The molecule has 0 fully saturated rings. The minimum absolute atomic E-state index is 0.533. The zero-order valence-electron chi connectivity index (χ0n) is 17.5. The molecule has 0 spiro atoms. The molecular weight excluding hydrogens is 338 g/mol. The zero-order chi connectivity index (χ0) is 19.8. The second-order valence-corrected chi connectivity index (χ2v) is 8.09. The lowest BCUT2D eigenvalue weighted by Gasteiger charge is -2.13. The standard InChI is InChI=1S/C27H28N/c1-18(2)22-13-14-25-24(16-22)15-20(4)28(5)27(25)26-17-23(12-11-19(26)3)21-9-7-6-8-10-21/h6-18H,1-5H3/q+1. The number of aromatic nitrogens is 1. The summed E-state index contributed by atoms with van der Waals surface area (Å²) in [4.78, 5) is 0. The lowest BCUT2D eigenvalue weighted by molar-refractivity contribution is -0.665. The average Bonchev–Trinajstić information content (AvgIpc) is 2.70. The van der Waals surface area contributed by atoms with Crippen LogP contribution in [0.4, 0.5) is 0 Å². The van der Waals surface area contributed by atoms with Gasteiger partial charge in [0.05, 0.1) is 10.9 Å². The SMILES string of the molecule is Cc1ccc(-c2ccccc2)cc1-c1c2ccc(C(C)C)cc2cc(C)[n+]1C. The summed E-state index contributed by atoms with van der Waals surface area (Å²) in [5, 5.41) is 2.63. The van der Waals surface area contributed by atoms with Gasteiger partial charge in [-0.25, -0.2) is 0 Å². The number of fused-ring (bicyclic) bond motifs is 1. The third-order valence-corrected chi connectivity index (χ3v) is 5.83. The summed E-state index contributed by atoms with van der Waals surface area (Å²) in [5.74, 6) is 0.533. The van der Waals surface area contributed by atoms with E-state index >= 15 is 0 Å². The average molecular weight is 367 g/mol. The van der Waals surface area contributed by atoms with E-state index in [1.54, 1.807) is 0 Å². The zero-order valence-corrected chi connectivity index (χ0v) is 17.5. The Labute approximate surface area is 168 Å². The molecule has 1 heterocycles. The number of benzene rings is 3. The molecule has 0 saturated carbocycles. The Balaban J connectivity index is 2.00. The molecule has 0 atom stereocenters. The van der Waals surface area contributed by atoms with Gasteiger partial charge in [-0.05, 0) is 52.6 Å². The molecule has 1 heteroatoms. The summed E-state index contributed by atoms with van der Waals surface area (Å²) >= 11 is 0. The van der Waals surface area contributed by atoms with Gasteiger partial charge in [0.2, 0.25) is 5.69 Å². The molecule has 28 heavy (non-hydrogen) atoms. The maximum Gasteiger partial charge on any atom is 0.220 e. The summed E-state index contributed by atoms with van der Waals surface area (Å²) in [5.41, 5.74) is 9.07. The van der Waals surface area contributed by atoms with Gasteiger partial charge in [-0.2, -0.15) is 4.57 Å². The summed E-state index contributed by atoms with van der Waals surface area (Å²) in [7, 11) is 2.18. The summed E-state index contributed by atoms with van der Waals surface area (Å²) in [6.07, 6.45) is 0. The summed E-state index contributed by atoms with van der Waals surface area (Å²) < 4.78 is 2.33. The second-order valence-electron chi connectivity index (χ2n) is 8.09. The van der Waals surface area contributed by atoms with Gasteiger partial charge in [-0.3, -0.25) is 0 Å². The molecule has 140 valence electrons. The van der Waals surface area contributed by atoms with E-state index in [9.17, 15) is 0 Å². The van der Waals surface area contributed by atoms with Crippen LogP contribution in [0.25, 0.3) is 33.2 Å².